The highest BCUT2D eigenvalue weighted by Gasteiger charge is 2.02. The van der Waals surface area contributed by atoms with E-state index in [9.17, 15) is 0 Å². The molecule has 0 aliphatic rings. The van der Waals surface area contributed by atoms with Gasteiger partial charge in [0.1, 0.15) is 11.5 Å². The van der Waals surface area contributed by atoms with Gasteiger partial charge < -0.3 is 9.47 Å². The molecule has 2 rings (SSSR count). The van der Waals surface area contributed by atoms with Crippen molar-refractivity contribution >= 4 is 15.9 Å². The number of hydrogen-bond acceptors (Lipinski definition) is 2. The van der Waals surface area contributed by atoms with Gasteiger partial charge in [0.25, 0.3) is 0 Å². The van der Waals surface area contributed by atoms with Crippen molar-refractivity contribution in [1.29, 1.82) is 0 Å². The van der Waals surface area contributed by atoms with E-state index >= 15 is 0 Å². The van der Waals surface area contributed by atoms with Gasteiger partial charge in [-0.05, 0) is 29.8 Å². The highest BCUT2D eigenvalue weighted by atomic mass is 79.9. The van der Waals surface area contributed by atoms with Crippen molar-refractivity contribution in [3.8, 4) is 11.5 Å². The zero-order chi connectivity index (χ0) is 12.8. The summed E-state index contributed by atoms with van der Waals surface area (Å²) >= 11 is 3.42. The number of rotatable bonds is 5. The minimum Gasteiger partial charge on any atom is -0.496 e. The lowest BCUT2D eigenvalue weighted by Gasteiger charge is -2.09. The van der Waals surface area contributed by atoms with Crippen LogP contribution in [0.25, 0.3) is 0 Å². The van der Waals surface area contributed by atoms with E-state index in [1.807, 2.05) is 42.5 Å². The Balaban J connectivity index is 1.92. The van der Waals surface area contributed by atoms with E-state index in [1.54, 1.807) is 7.11 Å². The van der Waals surface area contributed by atoms with Crippen LogP contribution in [0.4, 0.5) is 0 Å². The van der Waals surface area contributed by atoms with E-state index in [-0.39, 0.29) is 0 Å². The average molecular weight is 307 g/mol. The van der Waals surface area contributed by atoms with E-state index < -0.39 is 0 Å². The molecule has 0 aliphatic carbocycles. The highest BCUT2D eigenvalue weighted by Crippen LogP contribution is 2.20. The molecular weight excluding hydrogens is 292 g/mol. The normalized spacial score (nSPS) is 10.1. The Morgan fingerprint density at radius 3 is 2.67 bits per heavy atom. The molecule has 0 fully saturated rings. The summed E-state index contributed by atoms with van der Waals surface area (Å²) < 4.78 is 12.0. The second kappa shape index (κ2) is 6.45. The molecule has 0 N–H and O–H groups in total. The van der Waals surface area contributed by atoms with Crippen LogP contribution in [0.3, 0.4) is 0 Å². The van der Waals surface area contributed by atoms with Crippen molar-refractivity contribution in [3.63, 3.8) is 0 Å². The van der Waals surface area contributed by atoms with Crippen LogP contribution in [0.5, 0.6) is 11.5 Å². The van der Waals surface area contributed by atoms with E-state index in [2.05, 4.69) is 22.0 Å². The molecule has 0 unspecified atom stereocenters. The molecule has 0 atom stereocenters. The Bertz CT molecular complexity index is 511. The predicted octanol–water partition coefficient (Wildman–Crippen LogP) is 4.08. The summed E-state index contributed by atoms with van der Waals surface area (Å²) in [6.45, 7) is 0.636. The third-order valence-corrected chi connectivity index (χ3v) is 3.12. The van der Waals surface area contributed by atoms with Crippen molar-refractivity contribution in [3.05, 3.63) is 58.6 Å². The van der Waals surface area contributed by atoms with Gasteiger partial charge in [0, 0.05) is 10.9 Å². The van der Waals surface area contributed by atoms with Crippen LogP contribution in [0.2, 0.25) is 0 Å². The summed E-state index contributed by atoms with van der Waals surface area (Å²) in [5, 5.41) is 0. The highest BCUT2D eigenvalue weighted by molar-refractivity contribution is 9.10. The van der Waals surface area contributed by atoms with Crippen LogP contribution >= 0.6 is 15.9 Å². The molecule has 0 aromatic heterocycles. The quantitative estimate of drug-likeness (QED) is 0.828. The molecule has 2 aromatic carbocycles. The first kappa shape index (κ1) is 13.0. The molecule has 0 heterocycles. The van der Waals surface area contributed by atoms with Crippen LogP contribution < -0.4 is 9.47 Å². The third kappa shape index (κ3) is 3.50. The second-order valence-corrected chi connectivity index (χ2v) is 4.78. The summed E-state index contributed by atoms with van der Waals surface area (Å²) in [6, 6.07) is 15.9. The molecular formula is C15H15BrO2. The van der Waals surface area contributed by atoms with Gasteiger partial charge in [-0.2, -0.15) is 0 Å². The number of hydrogen-bond donors (Lipinski definition) is 0. The molecule has 0 saturated heterocycles. The maximum Gasteiger partial charge on any atom is 0.122 e. The van der Waals surface area contributed by atoms with Crippen molar-refractivity contribution in [1.82, 2.24) is 0 Å². The maximum atomic E-state index is 5.70. The van der Waals surface area contributed by atoms with Crippen LogP contribution in [-0.4, -0.2) is 13.7 Å². The van der Waals surface area contributed by atoms with Gasteiger partial charge in [-0.1, -0.05) is 40.2 Å². The van der Waals surface area contributed by atoms with Crippen molar-refractivity contribution in [2.24, 2.45) is 0 Å². The Labute approximate surface area is 116 Å². The summed E-state index contributed by atoms with van der Waals surface area (Å²) in [5.74, 6) is 1.79. The first-order valence-corrected chi connectivity index (χ1v) is 6.59. The number of benzene rings is 2. The van der Waals surface area contributed by atoms with Crippen LogP contribution in [0.1, 0.15) is 5.56 Å². The molecule has 0 radical (unpaired) electrons. The molecule has 0 spiro atoms. The number of methoxy groups -OCH3 is 1. The number of halogens is 1. The van der Waals surface area contributed by atoms with Gasteiger partial charge in [-0.25, -0.2) is 0 Å². The van der Waals surface area contributed by atoms with Gasteiger partial charge in [0.05, 0.1) is 13.7 Å². The van der Waals surface area contributed by atoms with E-state index in [4.69, 9.17) is 9.47 Å². The first-order valence-electron chi connectivity index (χ1n) is 5.80. The lowest BCUT2D eigenvalue weighted by atomic mass is 10.1. The molecule has 0 amide bonds. The summed E-state index contributed by atoms with van der Waals surface area (Å²) in [5.41, 5.74) is 1.16. The summed E-state index contributed by atoms with van der Waals surface area (Å²) in [4.78, 5) is 0. The topological polar surface area (TPSA) is 18.5 Å². The Kier molecular flexibility index (Phi) is 4.65. The summed E-state index contributed by atoms with van der Waals surface area (Å²) in [6.07, 6.45) is 0.830. The Morgan fingerprint density at radius 1 is 1.06 bits per heavy atom. The molecule has 0 bridgehead atoms. The average Bonchev–Trinajstić information content (AvgIpc) is 2.39. The Hall–Kier alpha value is -1.48. The van der Waals surface area contributed by atoms with Crippen LogP contribution in [0, 0.1) is 0 Å². The van der Waals surface area contributed by atoms with E-state index in [0.29, 0.717) is 6.61 Å². The number of ether oxygens (including phenoxy) is 2. The zero-order valence-electron chi connectivity index (χ0n) is 10.2. The zero-order valence-corrected chi connectivity index (χ0v) is 11.8. The van der Waals surface area contributed by atoms with Crippen molar-refractivity contribution in [2.75, 3.05) is 13.7 Å². The van der Waals surface area contributed by atoms with Crippen molar-refractivity contribution in [2.45, 2.75) is 6.42 Å². The third-order valence-electron chi connectivity index (χ3n) is 2.63. The van der Waals surface area contributed by atoms with Gasteiger partial charge in [0.15, 0.2) is 0 Å². The van der Waals surface area contributed by atoms with Gasteiger partial charge >= 0.3 is 0 Å². The maximum absolute atomic E-state index is 5.70. The Morgan fingerprint density at radius 2 is 1.89 bits per heavy atom. The first-order chi connectivity index (χ1) is 8.79. The van der Waals surface area contributed by atoms with Gasteiger partial charge in [-0.3, -0.25) is 0 Å². The van der Waals surface area contributed by atoms with Crippen LogP contribution in [0.15, 0.2) is 53.0 Å². The smallest absolute Gasteiger partial charge is 0.122 e. The fraction of sp³-hybridized carbons (Fsp3) is 0.200. The van der Waals surface area contributed by atoms with Gasteiger partial charge in [-0.15, -0.1) is 0 Å². The molecule has 2 nitrogen and oxygen atoms in total. The lowest BCUT2D eigenvalue weighted by Crippen LogP contribution is -2.02. The molecule has 0 aliphatic heterocycles. The van der Waals surface area contributed by atoms with E-state index in [1.165, 1.54) is 0 Å². The summed E-state index contributed by atoms with van der Waals surface area (Å²) in [7, 11) is 1.69. The molecule has 2 aromatic rings. The monoisotopic (exact) mass is 306 g/mol. The minimum absolute atomic E-state index is 0.636. The predicted molar refractivity (Wildman–Crippen MR) is 76.3 cm³/mol. The SMILES string of the molecule is COc1ccccc1CCOc1cccc(Br)c1. The van der Waals surface area contributed by atoms with Crippen molar-refractivity contribution < 1.29 is 9.47 Å². The second-order valence-electron chi connectivity index (χ2n) is 3.87. The minimum atomic E-state index is 0.636. The molecule has 94 valence electrons. The van der Waals surface area contributed by atoms with E-state index in [0.717, 1.165) is 28.0 Å². The largest absolute Gasteiger partial charge is 0.496 e. The molecule has 0 saturated carbocycles. The molecule has 3 heteroatoms. The number of para-hydroxylation sites is 1. The van der Waals surface area contributed by atoms with Gasteiger partial charge in [0.2, 0.25) is 0 Å². The molecule has 18 heavy (non-hydrogen) atoms. The fourth-order valence-corrected chi connectivity index (χ4v) is 2.12. The van der Waals surface area contributed by atoms with Crippen LogP contribution in [-0.2, 0) is 6.42 Å². The lowest BCUT2D eigenvalue weighted by molar-refractivity contribution is 0.318. The standard InChI is InChI=1S/C15H15BrO2/c1-17-15-8-3-2-5-12(15)9-10-18-14-7-4-6-13(16)11-14/h2-8,11H,9-10H2,1H3. The fourth-order valence-electron chi connectivity index (χ4n) is 1.75.